The van der Waals surface area contributed by atoms with Crippen molar-refractivity contribution < 1.29 is 14.3 Å². The van der Waals surface area contributed by atoms with Gasteiger partial charge in [-0.25, -0.2) is 4.98 Å². The highest BCUT2D eigenvalue weighted by atomic mass is 35.5. The molecule has 4 heterocycles. The summed E-state index contributed by atoms with van der Waals surface area (Å²) in [5.74, 6) is 2.64. The highest BCUT2D eigenvalue weighted by Gasteiger charge is 2.54. The summed E-state index contributed by atoms with van der Waals surface area (Å²) in [5.41, 5.74) is 11.4. The number of methoxy groups -OCH3 is 1. The number of benzene rings is 3. The standard InChI is InChI=1S/C38H40BClN6O3/c1-49-32-16-26(37(48)45-21-27-11-12-33(45)38(27,39)41)14-29-34(32)46(20-23-17-43(18-23)36(47)25-6-4-7-28(40)13-25)35(42-29)31-15-24-5-2-3-8-30(24)44(31)19-22-9-10-22/h2-8,13-16,22-23,27,33H,9-12,17-21,39,41H2,1H3. The number of rotatable bonds is 8. The molecule has 2 aliphatic carbocycles. The van der Waals surface area contributed by atoms with Crippen molar-refractivity contribution in [2.75, 3.05) is 26.7 Å². The molecule has 0 spiro atoms. The normalized spacial score (nSPS) is 23.5. The first kappa shape index (κ1) is 30.8. The van der Waals surface area contributed by atoms with Crippen LogP contribution in [0.25, 0.3) is 33.5 Å². The van der Waals surface area contributed by atoms with Crippen molar-refractivity contribution in [3.63, 3.8) is 0 Å². The summed E-state index contributed by atoms with van der Waals surface area (Å²) in [5, 5.41) is 1.73. The Labute approximate surface area is 291 Å². The zero-order valence-electron chi connectivity index (χ0n) is 27.9. The predicted molar refractivity (Wildman–Crippen MR) is 194 cm³/mol. The minimum atomic E-state index is -0.363. The van der Waals surface area contributed by atoms with Crippen molar-refractivity contribution in [3.05, 3.63) is 82.9 Å². The van der Waals surface area contributed by atoms with Gasteiger partial charge in [-0.05, 0) is 80.0 Å². The van der Waals surface area contributed by atoms with Crippen LogP contribution in [0, 0.1) is 17.8 Å². The van der Waals surface area contributed by atoms with Gasteiger partial charge in [0.25, 0.3) is 11.8 Å². The molecule has 2 N–H and O–H groups in total. The molecule has 4 aliphatic rings. The number of hydrogen-bond donors (Lipinski definition) is 1. The third-order valence-electron chi connectivity index (χ3n) is 11.6. The Morgan fingerprint density at radius 2 is 1.71 bits per heavy atom. The number of amides is 2. The topological polar surface area (TPSA) is 98.6 Å². The summed E-state index contributed by atoms with van der Waals surface area (Å²) in [6.07, 6.45) is 4.47. The first-order chi connectivity index (χ1) is 23.7. The van der Waals surface area contributed by atoms with E-state index in [0.717, 1.165) is 41.9 Å². The average molecular weight is 675 g/mol. The second-order valence-corrected chi connectivity index (χ2v) is 15.4. The predicted octanol–water partition coefficient (Wildman–Crippen LogP) is 5.02. The van der Waals surface area contributed by atoms with E-state index in [2.05, 4.69) is 47.3 Å². The number of piperidine rings is 1. The monoisotopic (exact) mass is 674 g/mol. The van der Waals surface area contributed by atoms with Crippen LogP contribution in [0.1, 0.15) is 46.4 Å². The van der Waals surface area contributed by atoms with Gasteiger partial charge in [-0.3, -0.25) is 9.59 Å². The lowest BCUT2D eigenvalue weighted by Gasteiger charge is -2.40. The lowest BCUT2D eigenvalue weighted by Crippen LogP contribution is -2.52. The molecule has 0 radical (unpaired) electrons. The number of aromatic nitrogens is 3. The van der Waals surface area contributed by atoms with Gasteiger partial charge in [0, 0.05) is 77.2 Å². The number of fused-ring (bicyclic) bond motifs is 4. The SMILES string of the molecule is BC1(N)C2CCC1N(C(=O)c1cc(OC)c3c(c1)nc(-c1cc4ccccc4n1CC1CC1)n3CC1CN(C(=O)c3cccc(Cl)c3)C1)C2. The maximum absolute atomic E-state index is 14.1. The first-order valence-electron chi connectivity index (χ1n) is 17.5. The maximum Gasteiger partial charge on any atom is 0.254 e. The summed E-state index contributed by atoms with van der Waals surface area (Å²) in [4.78, 5) is 36.5. The zero-order chi connectivity index (χ0) is 33.6. The molecule has 11 heteroatoms. The number of imidazole rings is 1. The van der Waals surface area contributed by atoms with Crippen LogP contribution in [0.3, 0.4) is 0 Å². The van der Waals surface area contributed by atoms with Crippen molar-refractivity contribution in [1.29, 1.82) is 0 Å². The Morgan fingerprint density at radius 3 is 2.43 bits per heavy atom. The molecule has 2 aliphatic heterocycles. The Hall–Kier alpha value is -4.28. The Bertz CT molecular complexity index is 2150. The fourth-order valence-electron chi connectivity index (χ4n) is 8.73. The van der Waals surface area contributed by atoms with Crippen molar-refractivity contribution in [1.82, 2.24) is 23.9 Å². The molecule has 2 saturated carbocycles. The number of likely N-dealkylation sites (tertiary alicyclic amines) is 2. The average Bonchev–Trinajstić information content (AvgIpc) is 3.54. The molecule has 3 aromatic carbocycles. The molecule has 2 amide bonds. The summed E-state index contributed by atoms with van der Waals surface area (Å²) in [6.45, 7) is 3.53. The Balaban J connectivity index is 1.12. The second kappa shape index (κ2) is 11.4. The van der Waals surface area contributed by atoms with Crippen LogP contribution in [-0.2, 0) is 13.1 Å². The van der Waals surface area contributed by atoms with Crippen molar-refractivity contribution >= 4 is 53.2 Å². The van der Waals surface area contributed by atoms with Gasteiger partial charge in [0.15, 0.2) is 5.82 Å². The quantitative estimate of drug-likeness (QED) is 0.233. The summed E-state index contributed by atoms with van der Waals surface area (Å²) in [6, 6.07) is 21.7. The van der Waals surface area contributed by atoms with Crippen molar-refractivity contribution in [3.8, 4) is 17.3 Å². The molecule has 4 fully saturated rings. The van der Waals surface area contributed by atoms with Crippen LogP contribution in [-0.4, -0.2) is 81.8 Å². The lowest BCUT2D eigenvalue weighted by atomic mass is 9.71. The van der Waals surface area contributed by atoms with Gasteiger partial charge in [0.1, 0.15) is 19.1 Å². The fourth-order valence-corrected chi connectivity index (χ4v) is 8.92. The highest BCUT2D eigenvalue weighted by Crippen LogP contribution is 2.44. The van der Waals surface area contributed by atoms with E-state index in [0.29, 0.717) is 59.9 Å². The number of nitrogens with zero attached hydrogens (tertiary/aromatic N) is 5. The Morgan fingerprint density at radius 1 is 0.918 bits per heavy atom. The third kappa shape index (κ3) is 5.05. The van der Waals surface area contributed by atoms with Gasteiger partial charge in [-0.1, -0.05) is 35.9 Å². The van der Waals surface area contributed by atoms with E-state index in [4.69, 9.17) is 27.1 Å². The van der Waals surface area contributed by atoms with Crippen molar-refractivity contribution in [2.24, 2.45) is 23.5 Å². The maximum atomic E-state index is 14.1. The molecule has 2 aromatic heterocycles. The van der Waals surface area contributed by atoms with Gasteiger partial charge in [0.05, 0.1) is 18.3 Å². The van der Waals surface area contributed by atoms with Gasteiger partial charge in [0.2, 0.25) is 0 Å². The number of carbonyl (C=O) groups is 2. The fraction of sp³-hybridized carbons (Fsp3) is 0.395. The Kier molecular flexibility index (Phi) is 7.15. The van der Waals surface area contributed by atoms with E-state index in [1.54, 1.807) is 19.2 Å². The molecule has 49 heavy (non-hydrogen) atoms. The molecule has 5 aromatic rings. The number of carbonyl (C=O) groups excluding carboxylic acids is 2. The molecule has 2 bridgehead atoms. The molecular formula is C38H40BClN6O3. The molecule has 250 valence electrons. The van der Waals surface area contributed by atoms with Gasteiger partial charge in [-0.15, -0.1) is 0 Å². The van der Waals surface area contributed by atoms with Crippen LogP contribution in [0.2, 0.25) is 5.02 Å². The van der Waals surface area contributed by atoms with E-state index >= 15 is 0 Å². The molecule has 2 saturated heterocycles. The molecule has 3 unspecified atom stereocenters. The number of para-hydroxylation sites is 1. The summed E-state index contributed by atoms with van der Waals surface area (Å²) >= 11 is 6.19. The van der Waals surface area contributed by atoms with Crippen LogP contribution < -0.4 is 10.5 Å². The van der Waals surface area contributed by atoms with E-state index < -0.39 is 0 Å². The van der Waals surface area contributed by atoms with E-state index in [9.17, 15) is 9.59 Å². The number of ether oxygens (including phenoxy) is 1. The summed E-state index contributed by atoms with van der Waals surface area (Å²) < 4.78 is 10.7. The van der Waals surface area contributed by atoms with Crippen LogP contribution in [0.5, 0.6) is 5.75 Å². The zero-order valence-corrected chi connectivity index (χ0v) is 28.7. The van der Waals surface area contributed by atoms with E-state index in [1.807, 2.05) is 34.1 Å². The molecule has 3 atom stereocenters. The minimum absolute atomic E-state index is 0.0102. The number of nitrogens with two attached hydrogens (primary N) is 1. The van der Waals surface area contributed by atoms with Crippen LogP contribution in [0.15, 0.2) is 66.7 Å². The lowest BCUT2D eigenvalue weighted by molar-refractivity contribution is 0.0471. The smallest absolute Gasteiger partial charge is 0.254 e. The molecule has 9 nitrogen and oxygen atoms in total. The van der Waals surface area contributed by atoms with Crippen molar-refractivity contribution in [2.45, 2.75) is 50.3 Å². The van der Waals surface area contributed by atoms with Gasteiger partial charge < -0.3 is 29.4 Å². The van der Waals surface area contributed by atoms with Crippen LogP contribution in [0.4, 0.5) is 0 Å². The minimum Gasteiger partial charge on any atom is -0.494 e. The van der Waals surface area contributed by atoms with E-state index in [1.165, 1.54) is 23.7 Å². The molecule has 9 rings (SSSR count). The summed E-state index contributed by atoms with van der Waals surface area (Å²) in [7, 11) is 3.75. The van der Waals surface area contributed by atoms with E-state index in [-0.39, 0.29) is 29.2 Å². The van der Waals surface area contributed by atoms with Crippen LogP contribution >= 0.6 is 11.6 Å². The highest BCUT2D eigenvalue weighted by molar-refractivity contribution is 6.31. The second-order valence-electron chi connectivity index (χ2n) is 14.9. The van der Waals surface area contributed by atoms with Gasteiger partial charge in [-0.2, -0.15) is 0 Å². The van der Waals surface area contributed by atoms with Gasteiger partial charge >= 0.3 is 0 Å². The molecular weight excluding hydrogens is 635 g/mol. The number of halogens is 1. The largest absolute Gasteiger partial charge is 0.494 e. The number of hydrogen-bond acceptors (Lipinski definition) is 5. The first-order valence-corrected chi connectivity index (χ1v) is 17.9. The third-order valence-corrected chi connectivity index (χ3v) is 11.9.